The molecule has 122 valence electrons. The van der Waals surface area contributed by atoms with Crippen LogP contribution in [0.2, 0.25) is 0 Å². The lowest BCUT2D eigenvalue weighted by atomic mass is 10.3. The zero-order valence-electron chi connectivity index (χ0n) is 12.3. The number of nitrogens with zero attached hydrogens (tertiary/aromatic N) is 4. The fourth-order valence-electron chi connectivity index (χ4n) is 1.77. The average molecular weight is 329 g/mol. The van der Waals surface area contributed by atoms with Gasteiger partial charge in [0.25, 0.3) is 0 Å². The minimum Gasteiger partial charge on any atom is -0.492 e. The molecule has 0 radical (unpaired) electrons. The molecular formula is C15H12FN5O3. The molecule has 0 saturated carbocycles. The number of nitrogens with one attached hydrogen (secondary N) is 1. The third kappa shape index (κ3) is 3.88. The molecule has 0 aliphatic rings. The molecule has 2 heterocycles. The van der Waals surface area contributed by atoms with Gasteiger partial charge in [0.1, 0.15) is 23.9 Å². The quantitative estimate of drug-likeness (QED) is 0.683. The standard InChI is InChI=1S/C15H12FN5O3/c16-10-1-3-11(4-2-10)23-8-7-19-14(22)15-20-13(21-24-15)12-9-17-5-6-18-12/h1-6,9H,7-8H2,(H,19,22). The van der Waals surface area contributed by atoms with Crippen molar-refractivity contribution in [2.75, 3.05) is 13.2 Å². The van der Waals surface area contributed by atoms with E-state index in [-0.39, 0.29) is 30.7 Å². The zero-order valence-corrected chi connectivity index (χ0v) is 12.3. The summed E-state index contributed by atoms with van der Waals surface area (Å²) in [6.07, 6.45) is 4.46. The Kier molecular flexibility index (Phi) is 4.70. The van der Waals surface area contributed by atoms with Crippen molar-refractivity contribution in [3.05, 3.63) is 54.6 Å². The third-order valence-corrected chi connectivity index (χ3v) is 2.88. The second-order valence-electron chi connectivity index (χ2n) is 4.57. The lowest BCUT2D eigenvalue weighted by molar-refractivity contribution is 0.0903. The second-order valence-corrected chi connectivity index (χ2v) is 4.57. The highest BCUT2D eigenvalue weighted by Crippen LogP contribution is 2.11. The van der Waals surface area contributed by atoms with Crippen molar-refractivity contribution in [2.45, 2.75) is 0 Å². The second kappa shape index (κ2) is 7.27. The van der Waals surface area contributed by atoms with Crippen LogP contribution in [-0.4, -0.2) is 39.2 Å². The summed E-state index contributed by atoms with van der Waals surface area (Å²) >= 11 is 0. The molecule has 0 aliphatic heterocycles. The van der Waals surface area contributed by atoms with Crippen LogP contribution in [0.25, 0.3) is 11.5 Å². The fourth-order valence-corrected chi connectivity index (χ4v) is 1.77. The van der Waals surface area contributed by atoms with E-state index in [9.17, 15) is 9.18 Å². The van der Waals surface area contributed by atoms with Crippen LogP contribution in [0.1, 0.15) is 10.7 Å². The van der Waals surface area contributed by atoms with Crippen molar-refractivity contribution in [3.63, 3.8) is 0 Å². The first kappa shape index (κ1) is 15.5. The summed E-state index contributed by atoms with van der Waals surface area (Å²) in [5, 5.41) is 6.25. The van der Waals surface area contributed by atoms with Crippen LogP contribution in [0.3, 0.4) is 0 Å². The average Bonchev–Trinajstić information content (AvgIpc) is 3.11. The van der Waals surface area contributed by atoms with E-state index in [1.807, 2.05) is 0 Å². The summed E-state index contributed by atoms with van der Waals surface area (Å²) in [4.78, 5) is 23.7. The molecule has 0 fully saturated rings. The van der Waals surface area contributed by atoms with E-state index in [1.54, 1.807) is 0 Å². The fraction of sp³-hybridized carbons (Fsp3) is 0.133. The predicted octanol–water partition coefficient (Wildman–Crippen LogP) is 1.47. The van der Waals surface area contributed by atoms with Gasteiger partial charge in [-0.1, -0.05) is 5.16 Å². The van der Waals surface area contributed by atoms with Crippen LogP contribution in [0, 0.1) is 5.82 Å². The molecule has 9 heteroatoms. The molecule has 3 aromatic rings. The van der Waals surface area contributed by atoms with E-state index in [2.05, 4.69) is 25.4 Å². The Balaban J connectivity index is 1.49. The maximum atomic E-state index is 12.7. The number of amides is 1. The molecule has 2 aromatic heterocycles. The topological polar surface area (TPSA) is 103 Å². The lowest BCUT2D eigenvalue weighted by Gasteiger charge is -2.06. The maximum absolute atomic E-state index is 12.7. The zero-order chi connectivity index (χ0) is 16.8. The normalized spacial score (nSPS) is 10.4. The molecule has 0 aliphatic carbocycles. The number of carbonyl (C=O) groups is 1. The minimum absolute atomic E-state index is 0.177. The first-order valence-electron chi connectivity index (χ1n) is 6.99. The third-order valence-electron chi connectivity index (χ3n) is 2.88. The highest BCUT2D eigenvalue weighted by molar-refractivity contribution is 5.89. The van der Waals surface area contributed by atoms with Crippen molar-refractivity contribution in [1.29, 1.82) is 0 Å². The summed E-state index contributed by atoms with van der Waals surface area (Å²) in [5.41, 5.74) is 0.403. The van der Waals surface area contributed by atoms with Gasteiger partial charge < -0.3 is 14.6 Å². The van der Waals surface area contributed by atoms with Crippen molar-refractivity contribution in [1.82, 2.24) is 25.4 Å². The van der Waals surface area contributed by atoms with Gasteiger partial charge in [-0.3, -0.25) is 9.78 Å². The Morgan fingerprint density at radius 1 is 1.25 bits per heavy atom. The summed E-state index contributed by atoms with van der Waals surface area (Å²) < 4.78 is 23.0. The van der Waals surface area contributed by atoms with Crippen molar-refractivity contribution in [2.24, 2.45) is 0 Å². The molecule has 0 bridgehead atoms. The summed E-state index contributed by atoms with van der Waals surface area (Å²) in [7, 11) is 0. The number of halogens is 1. The number of carbonyl (C=O) groups excluding carboxylic acids is 1. The highest BCUT2D eigenvalue weighted by atomic mass is 19.1. The van der Waals surface area contributed by atoms with E-state index < -0.39 is 5.91 Å². The van der Waals surface area contributed by atoms with Gasteiger partial charge in [0, 0.05) is 12.4 Å². The van der Waals surface area contributed by atoms with Crippen LogP contribution >= 0.6 is 0 Å². The first-order chi connectivity index (χ1) is 11.7. The van der Waals surface area contributed by atoms with Gasteiger partial charge in [0.2, 0.25) is 5.82 Å². The van der Waals surface area contributed by atoms with Gasteiger partial charge in [0.05, 0.1) is 12.7 Å². The lowest BCUT2D eigenvalue weighted by Crippen LogP contribution is -2.28. The SMILES string of the molecule is O=C(NCCOc1ccc(F)cc1)c1nc(-c2cnccn2)no1. The molecule has 1 amide bonds. The number of ether oxygens (including phenoxy) is 1. The first-order valence-corrected chi connectivity index (χ1v) is 6.99. The number of hydrogen-bond acceptors (Lipinski definition) is 7. The number of rotatable bonds is 6. The van der Waals surface area contributed by atoms with Crippen LogP contribution < -0.4 is 10.1 Å². The monoisotopic (exact) mass is 329 g/mol. The Labute approximate surface area is 135 Å². The van der Waals surface area contributed by atoms with Crippen LogP contribution in [0.15, 0.2) is 47.4 Å². The van der Waals surface area contributed by atoms with Crippen LogP contribution in [-0.2, 0) is 0 Å². The number of benzene rings is 1. The van der Waals surface area contributed by atoms with E-state index in [0.29, 0.717) is 11.4 Å². The van der Waals surface area contributed by atoms with Crippen LogP contribution in [0.4, 0.5) is 4.39 Å². The largest absolute Gasteiger partial charge is 0.492 e. The molecule has 1 N–H and O–H groups in total. The van der Waals surface area contributed by atoms with Crippen LogP contribution in [0.5, 0.6) is 5.75 Å². The summed E-state index contributed by atoms with van der Waals surface area (Å²) in [6.45, 7) is 0.432. The number of hydrogen-bond donors (Lipinski definition) is 1. The molecule has 8 nitrogen and oxygen atoms in total. The van der Waals surface area contributed by atoms with Gasteiger partial charge in [-0.25, -0.2) is 9.37 Å². The molecule has 0 unspecified atom stereocenters. The van der Waals surface area contributed by atoms with Gasteiger partial charge in [-0.2, -0.15) is 4.98 Å². The van der Waals surface area contributed by atoms with Crippen molar-refractivity contribution in [3.8, 4) is 17.3 Å². The summed E-state index contributed by atoms with van der Waals surface area (Å²) in [6, 6.07) is 5.59. The molecule has 3 rings (SSSR count). The van der Waals surface area contributed by atoms with Crippen molar-refractivity contribution < 1.29 is 18.4 Å². The maximum Gasteiger partial charge on any atom is 0.316 e. The molecule has 1 aromatic carbocycles. The van der Waals surface area contributed by atoms with E-state index in [0.717, 1.165) is 0 Å². The van der Waals surface area contributed by atoms with Gasteiger partial charge in [-0.05, 0) is 24.3 Å². The van der Waals surface area contributed by atoms with E-state index in [4.69, 9.17) is 9.26 Å². The van der Waals surface area contributed by atoms with E-state index >= 15 is 0 Å². The molecular weight excluding hydrogens is 317 g/mol. The van der Waals surface area contributed by atoms with E-state index in [1.165, 1.54) is 42.9 Å². The highest BCUT2D eigenvalue weighted by Gasteiger charge is 2.16. The van der Waals surface area contributed by atoms with Gasteiger partial charge in [0.15, 0.2) is 0 Å². The number of aromatic nitrogens is 4. The molecule has 0 spiro atoms. The predicted molar refractivity (Wildman–Crippen MR) is 79.6 cm³/mol. The molecule has 0 saturated heterocycles. The summed E-state index contributed by atoms with van der Waals surface area (Å²) in [5.74, 6) is -0.368. The van der Waals surface area contributed by atoms with Gasteiger partial charge >= 0.3 is 11.8 Å². The Bertz CT molecular complexity index is 807. The Hall–Kier alpha value is -3.36. The van der Waals surface area contributed by atoms with Crippen molar-refractivity contribution >= 4 is 5.91 Å². The smallest absolute Gasteiger partial charge is 0.316 e. The Morgan fingerprint density at radius 2 is 2.08 bits per heavy atom. The molecule has 0 atom stereocenters. The Morgan fingerprint density at radius 3 is 2.83 bits per heavy atom. The van der Waals surface area contributed by atoms with Gasteiger partial charge in [-0.15, -0.1) is 0 Å². The minimum atomic E-state index is -0.527. The molecule has 24 heavy (non-hydrogen) atoms.